The molecule has 5 aliphatic rings. The van der Waals surface area contributed by atoms with E-state index in [4.69, 9.17) is 0 Å². The van der Waals surface area contributed by atoms with Crippen molar-refractivity contribution in [1.82, 2.24) is 34.7 Å². The Morgan fingerprint density at radius 2 is 1.63 bits per heavy atom. The first-order valence-corrected chi connectivity index (χ1v) is 20.1. The van der Waals surface area contributed by atoms with Crippen LogP contribution < -0.4 is 15.5 Å². The number of amides is 5. The Morgan fingerprint density at radius 1 is 0.898 bits per heavy atom. The van der Waals surface area contributed by atoms with Crippen LogP contribution in [0, 0.1) is 11.8 Å². The van der Waals surface area contributed by atoms with Crippen molar-refractivity contribution in [2.24, 2.45) is 11.8 Å². The molecule has 5 amide bonds. The number of carbonyl (C=O) groups excluding carboxylic acids is 5. The van der Waals surface area contributed by atoms with Gasteiger partial charge in [0, 0.05) is 49.8 Å². The average Bonchev–Trinajstić information content (AvgIpc) is 4.05. The first kappa shape index (κ1) is 38.7. The molecule has 3 atom stereocenters. The van der Waals surface area contributed by atoms with Crippen molar-refractivity contribution >= 4 is 40.9 Å². The van der Waals surface area contributed by atoms with Crippen LogP contribution in [0.1, 0.15) is 90.1 Å². The van der Waals surface area contributed by atoms with Crippen molar-refractivity contribution in [2.75, 3.05) is 36.4 Å². The summed E-state index contributed by atoms with van der Waals surface area (Å²) in [5, 5.41) is 13.7. The Morgan fingerprint density at radius 3 is 2.31 bits per heavy atom. The third kappa shape index (κ3) is 6.98. The Labute approximate surface area is 337 Å². The van der Waals surface area contributed by atoms with Crippen molar-refractivity contribution in [3.63, 3.8) is 0 Å². The predicted molar refractivity (Wildman–Crippen MR) is 208 cm³/mol. The maximum absolute atomic E-state index is 13.7. The van der Waals surface area contributed by atoms with E-state index in [-0.39, 0.29) is 35.7 Å². The zero-order valence-corrected chi connectivity index (χ0v) is 32.6. The normalized spacial score (nSPS) is 24.2. The van der Waals surface area contributed by atoms with Crippen molar-refractivity contribution < 1.29 is 37.1 Å². The SMILES string of the molecule is CC(C)(C(=O)Nc1ccc(C(F)(F)F)cc1-n1cccn1)n1cc(C2CCN(C3CC4CN(c5ccc6c(c5)C(=O)N(C5CCC(=O)NC5=O)C6=O)CC4C3)CC2)cn1. The Kier molecular flexibility index (Phi) is 9.48. The number of benzene rings is 2. The van der Waals surface area contributed by atoms with E-state index >= 15 is 0 Å². The van der Waals surface area contributed by atoms with E-state index in [1.807, 2.05) is 18.5 Å². The van der Waals surface area contributed by atoms with Gasteiger partial charge in [-0.2, -0.15) is 23.4 Å². The number of fused-ring (bicyclic) bond motifs is 2. The number of rotatable bonds is 8. The van der Waals surface area contributed by atoms with E-state index in [1.165, 1.54) is 23.1 Å². The molecule has 17 heteroatoms. The standard InChI is InChI=1S/C42H44F3N9O5/c1-41(2,40(59)48-33-7-4-28(42(43,44)45)18-35(33)52-13-3-12-46-52)53-23-27(20-47-53)24-10-14-50(15-11-24)30-16-25-21-51(22-26(25)17-30)29-5-6-31-32(19-29)39(58)54(38(31)57)34-8-9-36(55)49-37(34)56/h3-7,12-13,18-20,23-26,30,34H,8-11,14-17,21-22H2,1-2H3,(H,48,59)(H,49,55,56). The lowest BCUT2D eigenvalue weighted by atomic mass is 9.90. The van der Waals surface area contributed by atoms with Gasteiger partial charge in [-0.15, -0.1) is 0 Å². The van der Waals surface area contributed by atoms with Gasteiger partial charge in [0.2, 0.25) is 11.8 Å². The summed E-state index contributed by atoms with van der Waals surface area (Å²) < 4.78 is 43.5. The van der Waals surface area contributed by atoms with Gasteiger partial charge in [0.15, 0.2) is 0 Å². The fourth-order valence-electron chi connectivity index (χ4n) is 9.68. The summed E-state index contributed by atoms with van der Waals surface area (Å²) in [5.41, 5.74) is 0.813. The molecule has 4 aliphatic heterocycles. The van der Waals surface area contributed by atoms with Gasteiger partial charge in [-0.1, -0.05) is 0 Å². The molecule has 4 fully saturated rings. The number of nitrogens with one attached hydrogen (secondary N) is 2. The largest absolute Gasteiger partial charge is 0.416 e. The molecule has 0 spiro atoms. The van der Waals surface area contributed by atoms with E-state index in [0.29, 0.717) is 23.4 Å². The average molecular weight is 812 g/mol. The number of hydrogen-bond acceptors (Lipinski definition) is 9. The second kappa shape index (κ2) is 14.5. The molecular formula is C42H44F3N9O5. The highest BCUT2D eigenvalue weighted by Gasteiger charge is 2.47. The van der Waals surface area contributed by atoms with E-state index in [1.54, 1.807) is 36.7 Å². The van der Waals surface area contributed by atoms with Crippen LogP contribution in [0.4, 0.5) is 24.5 Å². The monoisotopic (exact) mass is 811 g/mol. The van der Waals surface area contributed by atoms with Crippen LogP contribution in [0.2, 0.25) is 0 Å². The molecular weight excluding hydrogens is 768 g/mol. The third-order valence-electron chi connectivity index (χ3n) is 13.1. The number of alkyl halides is 3. The van der Waals surface area contributed by atoms with Crippen molar-refractivity contribution in [3.05, 3.63) is 89.5 Å². The fraction of sp³-hybridized carbons (Fsp3) is 0.452. The molecule has 6 heterocycles. The van der Waals surface area contributed by atoms with Crippen molar-refractivity contribution in [3.8, 4) is 5.69 Å². The molecule has 14 nitrogen and oxygen atoms in total. The number of halogens is 3. The number of hydrogen-bond donors (Lipinski definition) is 2. The molecule has 4 aromatic rings. The molecule has 2 aromatic heterocycles. The summed E-state index contributed by atoms with van der Waals surface area (Å²) in [6, 6.07) is 9.57. The molecule has 3 unspecified atom stereocenters. The van der Waals surface area contributed by atoms with Crippen LogP contribution in [-0.4, -0.2) is 97.2 Å². The molecule has 59 heavy (non-hydrogen) atoms. The maximum Gasteiger partial charge on any atom is 0.416 e. The van der Waals surface area contributed by atoms with Gasteiger partial charge in [0.25, 0.3) is 17.7 Å². The predicted octanol–water partition coefficient (Wildman–Crippen LogP) is 4.96. The highest BCUT2D eigenvalue weighted by Crippen LogP contribution is 2.44. The molecule has 0 bridgehead atoms. The number of imide groups is 2. The van der Waals surface area contributed by atoms with Crippen LogP contribution in [-0.2, 0) is 26.1 Å². The van der Waals surface area contributed by atoms with Gasteiger partial charge < -0.3 is 15.1 Å². The smallest absolute Gasteiger partial charge is 0.371 e. The lowest BCUT2D eigenvalue weighted by Gasteiger charge is -2.36. The second-order valence-corrected chi connectivity index (χ2v) is 16.9. The van der Waals surface area contributed by atoms with Gasteiger partial charge in [-0.05, 0) is 125 Å². The van der Waals surface area contributed by atoms with Gasteiger partial charge in [-0.25, -0.2) is 4.68 Å². The van der Waals surface area contributed by atoms with E-state index < -0.39 is 52.9 Å². The molecule has 0 radical (unpaired) electrons. The van der Waals surface area contributed by atoms with Crippen LogP contribution in [0.5, 0.6) is 0 Å². The minimum absolute atomic E-state index is 0.0765. The number of nitrogens with zero attached hydrogens (tertiary/aromatic N) is 7. The van der Waals surface area contributed by atoms with Crippen LogP contribution in [0.25, 0.3) is 5.69 Å². The quantitative estimate of drug-likeness (QED) is 0.235. The highest BCUT2D eigenvalue weighted by molar-refractivity contribution is 6.23. The lowest BCUT2D eigenvalue weighted by molar-refractivity contribution is -0.138. The zero-order valence-electron chi connectivity index (χ0n) is 32.6. The van der Waals surface area contributed by atoms with Gasteiger partial charge in [0.05, 0.1) is 34.3 Å². The number of aromatic nitrogens is 4. The number of piperidine rings is 2. The van der Waals surface area contributed by atoms with Crippen LogP contribution in [0.3, 0.4) is 0 Å². The topological polar surface area (TPSA) is 155 Å². The summed E-state index contributed by atoms with van der Waals surface area (Å²) in [6.07, 6.45) is 6.40. The fourth-order valence-corrected chi connectivity index (χ4v) is 9.68. The first-order chi connectivity index (χ1) is 28.2. The van der Waals surface area contributed by atoms with E-state index in [0.717, 1.165) is 80.1 Å². The molecule has 2 aromatic carbocycles. The number of carbonyl (C=O) groups is 5. The Bertz CT molecular complexity index is 2340. The van der Waals surface area contributed by atoms with Crippen LogP contribution in [0.15, 0.2) is 67.3 Å². The third-order valence-corrected chi connectivity index (χ3v) is 13.1. The molecule has 3 saturated heterocycles. The van der Waals surface area contributed by atoms with Gasteiger partial charge >= 0.3 is 6.18 Å². The van der Waals surface area contributed by atoms with E-state index in [9.17, 15) is 37.1 Å². The van der Waals surface area contributed by atoms with Crippen LogP contribution >= 0.6 is 0 Å². The minimum Gasteiger partial charge on any atom is -0.371 e. The van der Waals surface area contributed by atoms with E-state index in [2.05, 4.69) is 30.6 Å². The summed E-state index contributed by atoms with van der Waals surface area (Å²) in [5.74, 6) is -1.17. The van der Waals surface area contributed by atoms with Crippen molar-refractivity contribution in [1.29, 1.82) is 0 Å². The maximum atomic E-state index is 13.7. The van der Waals surface area contributed by atoms with Gasteiger partial charge in [-0.3, -0.25) is 38.9 Å². The zero-order chi connectivity index (χ0) is 41.4. The number of anilines is 2. The molecule has 1 saturated carbocycles. The lowest BCUT2D eigenvalue weighted by Crippen LogP contribution is -2.54. The van der Waals surface area contributed by atoms with Crippen molar-refractivity contribution in [2.45, 2.75) is 82.1 Å². The Balaban J connectivity index is 0.787. The molecule has 9 rings (SSSR count). The number of likely N-dealkylation sites (tertiary alicyclic amines) is 1. The second-order valence-electron chi connectivity index (χ2n) is 16.9. The van der Waals surface area contributed by atoms with Gasteiger partial charge in [0.1, 0.15) is 11.6 Å². The summed E-state index contributed by atoms with van der Waals surface area (Å²) in [6.45, 7) is 7.06. The minimum atomic E-state index is -4.56. The molecule has 308 valence electrons. The summed E-state index contributed by atoms with van der Waals surface area (Å²) in [4.78, 5) is 70.3. The Hall–Kier alpha value is -5.84. The highest BCUT2D eigenvalue weighted by atomic mass is 19.4. The molecule has 2 N–H and O–H groups in total. The first-order valence-electron chi connectivity index (χ1n) is 20.1. The molecule has 1 aliphatic carbocycles. The summed E-state index contributed by atoms with van der Waals surface area (Å²) in [7, 11) is 0. The summed E-state index contributed by atoms with van der Waals surface area (Å²) >= 11 is 0.